The van der Waals surface area contributed by atoms with Gasteiger partial charge in [0.1, 0.15) is 0 Å². The van der Waals surface area contributed by atoms with Gasteiger partial charge in [0.2, 0.25) is 10.0 Å². The van der Waals surface area contributed by atoms with E-state index in [-0.39, 0.29) is 5.92 Å². The Labute approximate surface area is 147 Å². The lowest BCUT2D eigenvalue weighted by Gasteiger charge is -2.31. The summed E-state index contributed by atoms with van der Waals surface area (Å²) in [4.78, 5) is 5.06. The molecule has 0 radical (unpaired) electrons. The van der Waals surface area contributed by atoms with E-state index < -0.39 is 10.0 Å². The molecule has 1 aromatic carbocycles. The van der Waals surface area contributed by atoms with Crippen molar-refractivity contribution < 1.29 is 8.42 Å². The Bertz CT molecular complexity index is 990. The smallest absolute Gasteiger partial charge is 0.233 e. The molecule has 1 aliphatic heterocycles. The molecule has 25 heavy (non-hydrogen) atoms. The number of sulfonamides is 1. The summed E-state index contributed by atoms with van der Waals surface area (Å²) in [5, 5.41) is 4.34. The summed E-state index contributed by atoms with van der Waals surface area (Å²) in [5.41, 5.74) is 2.80. The summed E-state index contributed by atoms with van der Waals surface area (Å²) >= 11 is 0. The normalized spacial score (nSPS) is 17.2. The number of nitrogens with zero attached hydrogens (tertiary/aromatic N) is 4. The number of piperidine rings is 1. The molecule has 7 heteroatoms. The van der Waals surface area contributed by atoms with E-state index in [9.17, 15) is 8.42 Å². The number of benzene rings is 1. The highest BCUT2D eigenvalue weighted by molar-refractivity contribution is 7.89. The Morgan fingerprint density at radius 3 is 2.52 bits per heavy atom. The summed E-state index contributed by atoms with van der Waals surface area (Å²) < 4.78 is 28.8. The summed E-state index contributed by atoms with van der Waals surface area (Å²) in [7, 11) is -3.40. The van der Waals surface area contributed by atoms with Crippen LogP contribution in [0, 0.1) is 6.92 Å². The molecule has 0 aliphatic carbocycles. The van der Waals surface area contributed by atoms with E-state index in [0.29, 0.717) is 18.0 Å². The van der Waals surface area contributed by atoms with E-state index >= 15 is 0 Å². The van der Waals surface area contributed by atoms with Crippen LogP contribution in [0.25, 0.3) is 5.65 Å². The Morgan fingerprint density at radius 2 is 1.80 bits per heavy atom. The van der Waals surface area contributed by atoms with E-state index in [1.54, 1.807) is 33.1 Å². The van der Waals surface area contributed by atoms with Gasteiger partial charge in [0.15, 0.2) is 5.65 Å². The summed E-state index contributed by atoms with van der Waals surface area (Å²) in [6.45, 7) is 2.99. The summed E-state index contributed by atoms with van der Waals surface area (Å²) in [5.74, 6) is 0.280. The molecule has 0 unspecified atom stereocenters. The second-order valence-electron chi connectivity index (χ2n) is 6.43. The molecule has 0 saturated carbocycles. The molecule has 1 saturated heterocycles. The van der Waals surface area contributed by atoms with Crippen LogP contribution in [0.3, 0.4) is 0 Å². The molecule has 1 fully saturated rings. The minimum Gasteiger partial charge on any atom is -0.233 e. The zero-order valence-electron chi connectivity index (χ0n) is 14.0. The van der Waals surface area contributed by atoms with E-state index in [1.807, 2.05) is 31.3 Å². The third kappa shape index (κ3) is 3.05. The van der Waals surface area contributed by atoms with Gasteiger partial charge >= 0.3 is 0 Å². The van der Waals surface area contributed by atoms with Gasteiger partial charge in [-0.25, -0.2) is 17.9 Å². The van der Waals surface area contributed by atoms with Crippen molar-refractivity contribution >= 4 is 15.7 Å². The summed E-state index contributed by atoms with van der Waals surface area (Å²) in [6.07, 6.45) is 3.49. The van der Waals surface area contributed by atoms with Gasteiger partial charge in [0.05, 0.1) is 10.6 Å². The highest BCUT2D eigenvalue weighted by Gasteiger charge is 2.30. The van der Waals surface area contributed by atoms with Crippen LogP contribution >= 0.6 is 0 Å². The van der Waals surface area contributed by atoms with E-state index in [1.165, 1.54) is 0 Å². The number of aryl methyl sites for hydroxylation is 1. The first-order chi connectivity index (χ1) is 12.0. The van der Waals surface area contributed by atoms with Crippen LogP contribution in [0.1, 0.15) is 30.1 Å². The molecule has 3 aromatic rings. The first-order valence-corrected chi connectivity index (χ1v) is 9.86. The van der Waals surface area contributed by atoms with Crippen molar-refractivity contribution in [1.82, 2.24) is 18.9 Å². The molecule has 4 rings (SSSR count). The number of aromatic nitrogens is 3. The average molecular weight is 356 g/mol. The topological polar surface area (TPSA) is 67.6 Å². The second-order valence-corrected chi connectivity index (χ2v) is 8.37. The van der Waals surface area contributed by atoms with Gasteiger partial charge in [-0.05, 0) is 38.0 Å². The maximum Gasteiger partial charge on any atom is 0.243 e. The van der Waals surface area contributed by atoms with Gasteiger partial charge in [-0.3, -0.25) is 0 Å². The molecule has 1 aliphatic rings. The van der Waals surface area contributed by atoms with E-state index in [4.69, 9.17) is 4.98 Å². The van der Waals surface area contributed by atoms with Gasteiger partial charge < -0.3 is 0 Å². The monoisotopic (exact) mass is 356 g/mol. The maximum atomic E-state index is 12.7. The standard InChI is InChI=1S/C18H20N4O2S/c1-14-13-18-19-17(9-12-22(18)20-14)15-7-10-21(11-8-15)25(23,24)16-5-3-2-4-6-16/h2-6,9,12-13,15H,7-8,10-11H2,1H3. The molecule has 0 spiro atoms. The average Bonchev–Trinajstić information content (AvgIpc) is 3.01. The number of hydrogen-bond acceptors (Lipinski definition) is 4. The van der Waals surface area contributed by atoms with Crippen LogP contribution in [-0.2, 0) is 10.0 Å². The zero-order valence-corrected chi connectivity index (χ0v) is 14.9. The predicted molar refractivity (Wildman–Crippen MR) is 94.9 cm³/mol. The van der Waals surface area contributed by atoms with Gasteiger partial charge in [-0.1, -0.05) is 18.2 Å². The molecule has 0 bridgehead atoms. The third-order valence-electron chi connectivity index (χ3n) is 4.72. The predicted octanol–water partition coefficient (Wildman–Crippen LogP) is 2.61. The number of rotatable bonds is 3. The Morgan fingerprint density at radius 1 is 1.08 bits per heavy atom. The molecule has 0 amide bonds. The van der Waals surface area contributed by atoms with Gasteiger partial charge in [0.25, 0.3) is 0 Å². The van der Waals surface area contributed by atoms with Crippen molar-refractivity contribution in [2.45, 2.75) is 30.6 Å². The highest BCUT2D eigenvalue weighted by atomic mass is 32.2. The van der Waals surface area contributed by atoms with Crippen molar-refractivity contribution in [2.75, 3.05) is 13.1 Å². The minimum atomic E-state index is -3.40. The highest BCUT2D eigenvalue weighted by Crippen LogP contribution is 2.30. The second kappa shape index (κ2) is 6.24. The first kappa shape index (κ1) is 16.2. The molecule has 130 valence electrons. The minimum absolute atomic E-state index is 0.280. The van der Waals surface area contributed by atoms with Crippen molar-refractivity contribution in [3.8, 4) is 0 Å². The van der Waals surface area contributed by atoms with Crippen LogP contribution in [0.15, 0.2) is 53.6 Å². The third-order valence-corrected chi connectivity index (χ3v) is 6.63. The Hall–Kier alpha value is -2.25. The zero-order chi connectivity index (χ0) is 17.4. The van der Waals surface area contributed by atoms with Crippen LogP contribution in [-0.4, -0.2) is 40.4 Å². The first-order valence-electron chi connectivity index (χ1n) is 8.42. The fraction of sp³-hybridized carbons (Fsp3) is 0.333. The Kier molecular flexibility index (Phi) is 4.05. The lowest BCUT2D eigenvalue weighted by Crippen LogP contribution is -2.38. The molecular formula is C18H20N4O2S. The lowest BCUT2D eigenvalue weighted by molar-refractivity contribution is 0.317. The quantitative estimate of drug-likeness (QED) is 0.723. The van der Waals surface area contributed by atoms with Crippen LogP contribution in [0.4, 0.5) is 0 Å². The van der Waals surface area contributed by atoms with Crippen LogP contribution in [0.5, 0.6) is 0 Å². The van der Waals surface area contributed by atoms with Gasteiger partial charge in [-0.2, -0.15) is 9.40 Å². The molecule has 6 nitrogen and oxygen atoms in total. The molecule has 3 heterocycles. The Balaban J connectivity index is 1.50. The largest absolute Gasteiger partial charge is 0.243 e. The fourth-order valence-electron chi connectivity index (χ4n) is 3.37. The molecule has 2 aromatic heterocycles. The maximum absolute atomic E-state index is 12.7. The molecule has 0 atom stereocenters. The van der Waals surface area contributed by atoms with Crippen molar-refractivity contribution in [2.24, 2.45) is 0 Å². The van der Waals surface area contributed by atoms with E-state index in [0.717, 1.165) is 29.9 Å². The molecular weight excluding hydrogens is 336 g/mol. The van der Waals surface area contributed by atoms with Crippen molar-refractivity contribution in [3.63, 3.8) is 0 Å². The molecule has 0 N–H and O–H groups in total. The number of hydrogen-bond donors (Lipinski definition) is 0. The van der Waals surface area contributed by atoms with Crippen LogP contribution in [0.2, 0.25) is 0 Å². The van der Waals surface area contributed by atoms with E-state index in [2.05, 4.69) is 5.10 Å². The van der Waals surface area contributed by atoms with Crippen LogP contribution < -0.4 is 0 Å². The number of fused-ring (bicyclic) bond motifs is 1. The fourth-order valence-corrected chi connectivity index (χ4v) is 4.86. The van der Waals surface area contributed by atoms with Gasteiger partial charge in [0, 0.05) is 37.0 Å². The lowest BCUT2D eigenvalue weighted by atomic mass is 9.94. The van der Waals surface area contributed by atoms with Gasteiger partial charge in [-0.15, -0.1) is 0 Å². The summed E-state index contributed by atoms with van der Waals surface area (Å²) in [6, 6.07) is 12.6. The van der Waals surface area contributed by atoms with Crippen molar-refractivity contribution in [1.29, 1.82) is 0 Å². The SMILES string of the molecule is Cc1cc2nc(C3CCN(S(=O)(=O)c4ccccc4)CC3)ccn2n1. The van der Waals surface area contributed by atoms with Crippen molar-refractivity contribution in [3.05, 3.63) is 60.0 Å².